The van der Waals surface area contributed by atoms with Crippen molar-refractivity contribution in [3.63, 3.8) is 0 Å². The number of ether oxygens (including phenoxy) is 1. The highest BCUT2D eigenvalue weighted by molar-refractivity contribution is 6.32. The van der Waals surface area contributed by atoms with Gasteiger partial charge in [0.25, 0.3) is 0 Å². The number of hydrogen-bond acceptors (Lipinski definition) is 7. The maximum absolute atomic E-state index is 11.0. The first kappa shape index (κ1) is 13.4. The van der Waals surface area contributed by atoms with E-state index in [4.69, 9.17) is 4.42 Å². The zero-order valence-corrected chi connectivity index (χ0v) is 9.28. The van der Waals surface area contributed by atoms with Crippen LogP contribution < -0.4 is 5.43 Å². The van der Waals surface area contributed by atoms with Crippen molar-refractivity contribution in [2.75, 3.05) is 6.61 Å². The van der Waals surface area contributed by atoms with Gasteiger partial charge < -0.3 is 9.15 Å². The number of carbonyl (C=O) groups is 2. The van der Waals surface area contributed by atoms with Gasteiger partial charge >= 0.3 is 17.8 Å². The first-order valence-corrected chi connectivity index (χ1v) is 4.79. The molecule has 0 aliphatic rings. The van der Waals surface area contributed by atoms with Gasteiger partial charge in [0, 0.05) is 0 Å². The average Bonchev–Trinajstić information content (AvgIpc) is 2.78. The molecule has 0 fully saturated rings. The van der Waals surface area contributed by atoms with Gasteiger partial charge in [-0.25, -0.2) is 10.2 Å². The molecule has 96 valence electrons. The van der Waals surface area contributed by atoms with Crippen LogP contribution in [0.1, 0.15) is 12.7 Å². The number of nitrogens with zero attached hydrogens (tertiary/aromatic N) is 2. The topological polar surface area (TPSA) is 124 Å². The molecule has 0 aromatic carbocycles. The Balaban J connectivity index is 2.52. The second kappa shape index (κ2) is 6.13. The highest BCUT2D eigenvalue weighted by Crippen LogP contribution is 2.13. The minimum absolute atomic E-state index is 0.0610. The monoisotopic (exact) mass is 255 g/mol. The molecule has 0 aliphatic carbocycles. The molecule has 1 aromatic rings. The quantitative estimate of drug-likeness (QED) is 0.269. The summed E-state index contributed by atoms with van der Waals surface area (Å²) in [7, 11) is 0. The number of amides is 1. The van der Waals surface area contributed by atoms with Crippen molar-refractivity contribution in [2.24, 2.45) is 5.10 Å². The van der Waals surface area contributed by atoms with Crippen LogP contribution in [0.3, 0.4) is 0 Å². The lowest BCUT2D eigenvalue weighted by Gasteiger charge is -1.98. The molecule has 0 aliphatic heterocycles. The van der Waals surface area contributed by atoms with Gasteiger partial charge in [0.15, 0.2) is 5.76 Å². The fourth-order valence-electron chi connectivity index (χ4n) is 0.907. The lowest BCUT2D eigenvalue weighted by atomic mass is 10.5. The minimum atomic E-state index is -1.07. The van der Waals surface area contributed by atoms with E-state index in [0.29, 0.717) is 0 Å². The van der Waals surface area contributed by atoms with Crippen molar-refractivity contribution in [1.82, 2.24) is 5.43 Å². The average molecular weight is 255 g/mol. The van der Waals surface area contributed by atoms with Gasteiger partial charge in [0.2, 0.25) is 0 Å². The van der Waals surface area contributed by atoms with Crippen molar-refractivity contribution in [2.45, 2.75) is 6.92 Å². The van der Waals surface area contributed by atoms with E-state index in [-0.39, 0.29) is 12.4 Å². The summed E-state index contributed by atoms with van der Waals surface area (Å²) in [4.78, 5) is 31.4. The van der Waals surface area contributed by atoms with Gasteiger partial charge in [0.1, 0.15) is 4.92 Å². The second-order valence-corrected chi connectivity index (χ2v) is 2.85. The maximum Gasteiger partial charge on any atom is 0.433 e. The van der Waals surface area contributed by atoms with E-state index in [2.05, 4.69) is 9.84 Å². The van der Waals surface area contributed by atoms with Crippen LogP contribution in [0.15, 0.2) is 21.7 Å². The van der Waals surface area contributed by atoms with E-state index in [1.165, 1.54) is 6.07 Å². The van der Waals surface area contributed by atoms with Gasteiger partial charge in [-0.1, -0.05) is 0 Å². The summed E-state index contributed by atoms with van der Waals surface area (Å²) in [5.74, 6) is -2.51. The Morgan fingerprint density at radius 1 is 1.61 bits per heavy atom. The summed E-state index contributed by atoms with van der Waals surface area (Å²) in [6.07, 6.45) is 1.02. The molecule has 0 saturated carbocycles. The molecule has 0 spiro atoms. The molecule has 18 heavy (non-hydrogen) atoms. The third-order valence-electron chi connectivity index (χ3n) is 1.61. The zero-order valence-electron chi connectivity index (χ0n) is 9.28. The number of nitro groups is 1. The first-order valence-electron chi connectivity index (χ1n) is 4.79. The molecule has 1 aromatic heterocycles. The second-order valence-electron chi connectivity index (χ2n) is 2.85. The van der Waals surface area contributed by atoms with Crippen LogP contribution in [0.2, 0.25) is 0 Å². The number of hydrogen-bond donors (Lipinski definition) is 1. The number of furan rings is 1. The molecular weight excluding hydrogens is 246 g/mol. The summed E-state index contributed by atoms with van der Waals surface area (Å²) in [5, 5.41) is 13.7. The Bertz CT molecular complexity index is 492. The van der Waals surface area contributed by atoms with E-state index < -0.39 is 22.7 Å². The highest BCUT2D eigenvalue weighted by Gasteiger charge is 2.13. The number of carbonyl (C=O) groups excluding carboxylic acids is 2. The van der Waals surface area contributed by atoms with Gasteiger partial charge in [-0.05, 0) is 13.0 Å². The summed E-state index contributed by atoms with van der Waals surface area (Å²) >= 11 is 0. The maximum atomic E-state index is 11.0. The Morgan fingerprint density at radius 3 is 2.89 bits per heavy atom. The normalized spacial score (nSPS) is 10.3. The molecular formula is C9H9N3O6. The Kier molecular flexibility index (Phi) is 4.55. The lowest BCUT2D eigenvalue weighted by Crippen LogP contribution is -2.28. The molecule has 1 heterocycles. The summed E-state index contributed by atoms with van der Waals surface area (Å²) in [6, 6.07) is 2.42. The summed E-state index contributed by atoms with van der Waals surface area (Å²) in [5.41, 5.74) is 1.88. The van der Waals surface area contributed by atoms with E-state index in [1.54, 1.807) is 6.92 Å². The van der Waals surface area contributed by atoms with Crippen LogP contribution in [0.5, 0.6) is 0 Å². The summed E-state index contributed by atoms with van der Waals surface area (Å²) < 4.78 is 9.12. The first-order chi connectivity index (χ1) is 8.54. The largest absolute Gasteiger partial charge is 0.459 e. The van der Waals surface area contributed by atoms with Gasteiger partial charge in [-0.15, -0.1) is 0 Å². The molecule has 0 atom stereocenters. The summed E-state index contributed by atoms with van der Waals surface area (Å²) in [6.45, 7) is 1.62. The zero-order chi connectivity index (χ0) is 13.5. The van der Waals surface area contributed by atoms with E-state index in [1.807, 2.05) is 5.43 Å². The lowest BCUT2D eigenvalue weighted by molar-refractivity contribution is -0.402. The van der Waals surface area contributed by atoms with Crippen LogP contribution in [0.25, 0.3) is 0 Å². The van der Waals surface area contributed by atoms with Crippen molar-refractivity contribution in [1.29, 1.82) is 0 Å². The molecule has 1 rings (SSSR count). The Labute approximate surface area is 101 Å². The smallest absolute Gasteiger partial charge is 0.433 e. The number of rotatable bonds is 4. The minimum Gasteiger partial charge on any atom is -0.459 e. The molecule has 9 nitrogen and oxygen atoms in total. The molecule has 0 radical (unpaired) electrons. The van der Waals surface area contributed by atoms with Crippen molar-refractivity contribution < 1.29 is 23.7 Å². The third kappa shape index (κ3) is 3.70. The van der Waals surface area contributed by atoms with Crippen molar-refractivity contribution >= 4 is 24.0 Å². The van der Waals surface area contributed by atoms with E-state index in [0.717, 1.165) is 12.3 Å². The SMILES string of the molecule is CCOC(=O)C(=O)NN=Cc1ccc([N+](=O)[O-])o1. The molecule has 0 unspecified atom stereocenters. The molecule has 1 amide bonds. The molecule has 0 bridgehead atoms. The van der Waals surface area contributed by atoms with Crippen LogP contribution in [-0.2, 0) is 14.3 Å². The van der Waals surface area contributed by atoms with Gasteiger partial charge in [-0.2, -0.15) is 5.10 Å². The van der Waals surface area contributed by atoms with Crippen molar-refractivity contribution in [3.05, 3.63) is 28.0 Å². The van der Waals surface area contributed by atoms with Crippen LogP contribution in [0.4, 0.5) is 5.88 Å². The van der Waals surface area contributed by atoms with Crippen LogP contribution >= 0.6 is 0 Å². The van der Waals surface area contributed by atoms with Crippen LogP contribution in [0, 0.1) is 10.1 Å². The molecule has 9 heteroatoms. The van der Waals surface area contributed by atoms with Crippen LogP contribution in [-0.4, -0.2) is 29.6 Å². The Hall–Kier alpha value is -2.71. The van der Waals surface area contributed by atoms with E-state index in [9.17, 15) is 19.7 Å². The number of nitrogens with one attached hydrogen (secondary N) is 1. The van der Waals surface area contributed by atoms with Gasteiger partial charge in [-0.3, -0.25) is 14.9 Å². The molecule has 0 saturated heterocycles. The van der Waals surface area contributed by atoms with Gasteiger partial charge in [0.05, 0.1) is 18.9 Å². The van der Waals surface area contributed by atoms with Crippen molar-refractivity contribution in [3.8, 4) is 0 Å². The fourth-order valence-corrected chi connectivity index (χ4v) is 0.907. The molecule has 1 N–H and O–H groups in total. The predicted octanol–water partition coefficient (Wildman–Crippen LogP) is 0.201. The number of hydrazone groups is 1. The highest BCUT2D eigenvalue weighted by atomic mass is 16.6. The predicted molar refractivity (Wildman–Crippen MR) is 57.7 cm³/mol. The Morgan fingerprint density at radius 2 is 2.33 bits per heavy atom. The fraction of sp³-hybridized carbons (Fsp3) is 0.222. The third-order valence-corrected chi connectivity index (χ3v) is 1.61. The number of esters is 1. The van der Waals surface area contributed by atoms with E-state index >= 15 is 0 Å². The standard InChI is InChI=1S/C9H9N3O6/c1-2-17-9(14)8(13)11-10-5-6-3-4-7(18-6)12(15)16/h3-5H,2H2,1H3,(H,11,13).